The SMILES string of the molecule is COCc1cn([C@H]2O[C@H](CO)[C@H](O)[C@@H](O)[C@@H]2O)c2ccccc12. The van der Waals surface area contributed by atoms with Crippen molar-refractivity contribution in [2.45, 2.75) is 37.3 Å². The van der Waals surface area contributed by atoms with Gasteiger partial charge >= 0.3 is 0 Å². The Morgan fingerprint density at radius 1 is 1.13 bits per heavy atom. The van der Waals surface area contributed by atoms with Gasteiger partial charge in [0, 0.05) is 24.3 Å². The largest absolute Gasteiger partial charge is 0.394 e. The zero-order chi connectivity index (χ0) is 16.6. The number of hydrogen-bond donors (Lipinski definition) is 4. The molecule has 0 amide bonds. The molecule has 0 aliphatic carbocycles. The summed E-state index contributed by atoms with van der Waals surface area (Å²) < 4.78 is 12.5. The van der Waals surface area contributed by atoms with E-state index in [1.807, 2.05) is 24.3 Å². The number of fused-ring (bicyclic) bond motifs is 1. The smallest absolute Gasteiger partial charge is 0.163 e. The van der Waals surface area contributed by atoms with E-state index >= 15 is 0 Å². The molecule has 126 valence electrons. The van der Waals surface area contributed by atoms with Crippen molar-refractivity contribution >= 4 is 10.9 Å². The van der Waals surface area contributed by atoms with Gasteiger partial charge in [-0.3, -0.25) is 0 Å². The molecule has 0 saturated carbocycles. The molecule has 1 saturated heterocycles. The van der Waals surface area contributed by atoms with E-state index in [4.69, 9.17) is 9.47 Å². The Balaban J connectivity index is 2.05. The zero-order valence-corrected chi connectivity index (χ0v) is 12.7. The molecule has 0 bridgehead atoms. The minimum absolute atomic E-state index is 0.394. The average molecular weight is 323 g/mol. The Labute approximate surface area is 133 Å². The number of benzene rings is 1. The Morgan fingerprint density at radius 3 is 2.57 bits per heavy atom. The monoisotopic (exact) mass is 323 g/mol. The summed E-state index contributed by atoms with van der Waals surface area (Å²) in [6.07, 6.45) is -4.16. The highest BCUT2D eigenvalue weighted by Gasteiger charge is 2.44. The molecule has 1 aromatic heterocycles. The van der Waals surface area contributed by atoms with Crippen LogP contribution in [-0.4, -0.2) is 63.1 Å². The van der Waals surface area contributed by atoms with Gasteiger partial charge in [0.05, 0.1) is 18.7 Å². The molecule has 7 nitrogen and oxygen atoms in total. The molecule has 2 heterocycles. The van der Waals surface area contributed by atoms with Gasteiger partial charge in [-0.25, -0.2) is 0 Å². The molecule has 1 fully saturated rings. The van der Waals surface area contributed by atoms with Gasteiger partial charge in [-0.15, -0.1) is 0 Å². The Kier molecular flexibility index (Phi) is 4.67. The van der Waals surface area contributed by atoms with Crippen LogP contribution in [0.15, 0.2) is 30.5 Å². The van der Waals surface area contributed by atoms with E-state index in [0.717, 1.165) is 16.5 Å². The number of aliphatic hydroxyl groups is 4. The van der Waals surface area contributed by atoms with Gasteiger partial charge in [0.25, 0.3) is 0 Å². The molecule has 5 atom stereocenters. The van der Waals surface area contributed by atoms with Crippen molar-refractivity contribution in [3.63, 3.8) is 0 Å². The number of methoxy groups -OCH3 is 1. The summed E-state index contributed by atoms with van der Waals surface area (Å²) in [5, 5.41) is 40.5. The Bertz CT molecular complexity index is 670. The molecular weight excluding hydrogens is 302 g/mol. The third-order valence-corrected chi connectivity index (χ3v) is 4.26. The molecule has 7 heteroatoms. The van der Waals surface area contributed by atoms with E-state index in [0.29, 0.717) is 6.61 Å². The maximum Gasteiger partial charge on any atom is 0.163 e. The lowest BCUT2D eigenvalue weighted by Crippen LogP contribution is -2.56. The van der Waals surface area contributed by atoms with Crippen molar-refractivity contribution in [2.75, 3.05) is 13.7 Å². The number of ether oxygens (including phenoxy) is 2. The van der Waals surface area contributed by atoms with Crippen molar-refractivity contribution in [1.82, 2.24) is 4.57 Å². The number of rotatable bonds is 4. The maximum absolute atomic E-state index is 10.3. The highest BCUT2D eigenvalue weighted by molar-refractivity contribution is 5.84. The van der Waals surface area contributed by atoms with Crippen molar-refractivity contribution in [1.29, 1.82) is 0 Å². The lowest BCUT2D eigenvalue weighted by atomic mass is 9.98. The van der Waals surface area contributed by atoms with Crippen molar-refractivity contribution < 1.29 is 29.9 Å². The molecule has 0 spiro atoms. The van der Waals surface area contributed by atoms with Crippen LogP contribution in [0.3, 0.4) is 0 Å². The van der Waals surface area contributed by atoms with Crippen LogP contribution in [-0.2, 0) is 16.1 Å². The highest BCUT2D eigenvalue weighted by atomic mass is 16.6. The second-order valence-corrected chi connectivity index (χ2v) is 5.73. The molecule has 1 aliphatic heterocycles. The molecule has 4 N–H and O–H groups in total. The summed E-state index contributed by atoms with van der Waals surface area (Å²) in [6, 6.07) is 7.57. The van der Waals surface area contributed by atoms with Gasteiger partial charge in [0.15, 0.2) is 6.23 Å². The lowest BCUT2D eigenvalue weighted by Gasteiger charge is -2.40. The van der Waals surface area contributed by atoms with Crippen LogP contribution in [0, 0.1) is 0 Å². The predicted molar refractivity (Wildman–Crippen MR) is 81.7 cm³/mol. The van der Waals surface area contributed by atoms with Crippen LogP contribution in [0.5, 0.6) is 0 Å². The zero-order valence-electron chi connectivity index (χ0n) is 12.7. The maximum atomic E-state index is 10.3. The van der Waals surface area contributed by atoms with E-state index in [1.54, 1.807) is 17.9 Å². The van der Waals surface area contributed by atoms with Gasteiger partial charge < -0.3 is 34.5 Å². The van der Waals surface area contributed by atoms with Gasteiger partial charge in [0.2, 0.25) is 0 Å². The molecule has 3 rings (SSSR count). The predicted octanol–water partition coefficient (Wildman–Crippen LogP) is -0.240. The van der Waals surface area contributed by atoms with Crippen molar-refractivity contribution in [3.8, 4) is 0 Å². The van der Waals surface area contributed by atoms with Crippen molar-refractivity contribution in [2.24, 2.45) is 0 Å². The second-order valence-electron chi connectivity index (χ2n) is 5.73. The van der Waals surface area contributed by atoms with E-state index < -0.39 is 37.3 Å². The molecule has 1 aliphatic rings. The Hall–Kier alpha value is -1.48. The summed E-state index contributed by atoms with van der Waals surface area (Å²) >= 11 is 0. The van der Waals surface area contributed by atoms with Crippen LogP contribution >= 0.6 is 0 Å². The molecular formula is C16H21NO6. The van der Waals surface area contributed by atoms with Gasteiger partial charge in [0.1, 0.15) is 24.4 Å². The normalized spacial score (nSPS) is 31.6. The van der Waals surface area contributed by atoms with E-state index in [9.17, 15) is 20.4 Å². The molecule has 23 heavy (non-hydrogen) atoms. The van der Waals surface area contributed by atoms with Gasteiger partial charge in [-0.1, -0.05) is 18.2 Å². The minimum atomic E-state index is -1.40. The minimum Gasteiger partial charge on any atom is -0.394 e. The standard InChI is InChI=1S/C16H21NO6/c1-22-8-9-6-17(11-5-3-2-4-10(9)11)16-15(21)14(20)13(19)12(7-18)23-16/h2-6,12-16,18-21H,7-8H2,1H3/t12-,13+,14-,15+,16+/m1/s1. The topological polar surface area (TPSA) is 104 Å². The molecule has 1 aromatic carbocycles. The van der Waals surface area contributed by atoms with E-state index in [-0.39, 0.29) is 0 Å². The first-order chi connectivity index (χ1) is 11.1. The third-order valence-electron chi connectivity index (χ3n) is 4.26. The fourth-order valence-corrected chi connectivity index (χ4v) is 3.07. The summed E-state index contributed by atoms with van der Waals surface area (Å²) in [6.45, 7) is -0.0590. The van der Waals surface area contributed by atoms with E-state index in [1.165, 1.54) is 0 Å². The molecule has 2 aromatic rings. The van der Waals surface area contributed by atoms with Crippen molar-refractivity contribution in [3.05, 3.63) is 36.0 Å². The number of aliphatic hydroxyl groups excluding tert-OH is 4. The number of aromatic nitrogens is 1. The average Bonchev–Trinajstić information content (AvgIpc) is 2.92. The Morgan fingerprint density at radius 2 is 1.87 bits per heavy atom. The highest BCUT2D eigenvalue weighted by Crippen LogP contribution is 2.33. The van der Waals surface area contributed by atoms with Crippen LogP contribution < -0.4 is 0 Å². The van der Waals surface area contributed by atoms with Crippen LogP contribution in [0.2, 0.25) is 0 Å². The fraction of sp³-hybridized carbons (Fsp3) is 0.500. The van der Waals surface area contributed by atoms with Crippen LogP contribution in [0.1, 0.15) is 11.8 Å². The van der Waals surface area contributed by atoms with Crippen LogP contribution in [0.4, 0.5) is 0 Å². The fourth-order valence-electron chi connectivity index (χ4n) is 3.07. The number of nitrogens with zero attached hydrogens (tertiary/aromatic N) is 1. The summed E-state index contributed by atoms with van der Waals surface area (Å²) in [5.74, 6) is 0. The third kappa shape index (κ3) is 2.76. The van der Waals surface area contributed by atoms with Crippen LogP contribution in [0.25, 0.3) is 10.9 Å². The lowest BCUT2D eigenvalue weighted by molar-refractivity contribution is -0.250. The first-order valence-corrected chi connectivity index (χ1v) is 7.46. The molecule has 0 radical (unpaired) electrons. The van der Waals surface area contributed by atoms with Gasteiger partial charge in [-0.2, -0.15) is 0 Å². The van der Waals surface area contributed by atoms with E-state index in [2.05, 4.69) is 0 Å². The summed E-state index contributed by atoms with van der Waals surface area (Å²) in [7, 11) is 1.60. The quantitative estimate of drug-likeness (QED) is 0.619. The number of para-hydroxylation sites is 1. The summed E-state index contributed by atoms with van der Waals surface area (Å²) in [4.78, 5) is 0. The first-order valence-electron chi connectivity index (χ1n) is 7.46. The first kappa shape index (κ1) is 16.4. The second kappa shape index (κ2) is 6.56. The van der Waals surface area contributed by atoms with Gasteiger partial charge in [-0.05, 0) is 6.07 Å². The summed E-state index contributed by atoms with van der Waals surface area (Å²) in [5.41, 5.74) is 1.73. The number of hydrogen-bond acceptors (Lipinski definition) is 6. The molecule has 0 unspecified atom stereocenters.